The molecule has 0 bridgehead atoms. The molecule has 2 N–H and O–H groups in total. The fraction of sp³-hybridized carbons (Fsp3) is 0. The summed E-state index contributed by atoms with van der Waals surface area (Å²) in [6.45, 7) is 0. The minimum absolute atomic E-state index is 0.116. The number of nitrogens with one attached hydrogen (secondary N) is 2. The summed E-state index contributed by atoms with van der Waals surface area (Å²) in [5, 5.41) is 18.5. The zero-order valence-corrected chi connectivity index (χ0v) is 14.4. The van der Waals surface area contributed by atoms with Crippen LogP contribution in [0.2, 0.25) is 0 Å². The molecule has 6 nitrogen and oxygen atoms in total. The molecule has 0 saturated heterocycles. The molecule has 0 fully saturated rings. The van der Waals surface area contributed by atoms with Gasteiger partial charge in [-0.05, 0) is 54.2 Å². The predicted molar refractivity (Wildman–Crippen MR) is 103 cm³/mol. The number of para-hydroxylation sites is 1. The van der Waals surface area contributed by atoms with Crippen LogP contribution >= 0.6 is 12.2 Å². The number of rotatable bonds is 5. The number of carbonyl (C=O) groups is 1. The molecular weight excluding hydrogens is 348 g/mol. The number of hydrazone groups is 1. The third kappa shape index (κ3) is 4.34. The monoisotopic (exact) mass is 363 g/mol. The molecule has 0 aliphatic rings. The third-order valence-corrected chi connectivity index (χ3v) is 3.73. The lowest BCUT2D eigenvalue weighted by atomic mass is 10.2. The van der Waals surface area contributed by atoms with Crippen molar-refractivity contribution in [2.45, 2.75) is 0 Å². The standard InChI is InChI=1S/C19H16N4O2S/c24-18(25)14-6-4-9-16(12-14)23-11-5-10-17(23)13-20-22-19(26)21-15-7-2-1-3-8-15/h1-13H,(H,24,25)(H2,21,22,26)/p-1/b20-13-. The first-order chi connectivity index (χ1) is 12.6. The maximum absolute atomic E-state index is 11.0. The molecule has 0 aliphatic heterocycles. The molecule has 0 aliphatic carbocycles. The van der Waals surface area contributed by atoms with E-state index in [1.807, 2.05) is 53.2 Å². The quantitative estimate of drug-likeness (QED) is 0.412. The van der Waals surface area contributed by atoms with Crippen molar-refractivity contribution >= 4 is 35.2 Å². The second kappa shape index (κ2) is 8.09. The lowest BCUT2D eigenvalue weighted by Crippen LogP contribution is -2.24. The van der Waals surface area contributed by atoms with Crippen LogP contribution in [0.3, 0.4) is 0 Å². The Balaban J connectivity index is 1.69. The van der Waals surface area contributed by atoms with E-state index in [2.05, 4.69) is 15.8 Å². The van der Waals surface area contributed by atoms with Crippen molar-refractivity contribution in [2.75, 3.05) is 5.32 Å². The van der Waals surface area contributed by atoms with Gasteiger partial charge in [-0.2, -0.15) is 5.10 Å². The van der Waals surface area contributed by atoms with Crippen LogP contribution in [0.4, 0.5) is 5.69 Å². The van der Waals surface area contributed by atoms with Crippen LogP contribution in [0.1, 0.15) is 16.1 Å². The molecule has 1 aromatic heterocycles. The van der Waals surface area contributed by atoms with Gasteiger partial charge in [0.1, 0.15) is 0 Å². The highest BCUT2D eigenvalue weighted by molar-refractivity contribution is 7.80. The van der Waals surface area contributed by atoms with E-state index in [9.17, 15) is 9.90 Å². The van der Waals surface area contributed by atoms with Gasteiger partial charge >= 0.3 is 0 Å². The summed E-state index contributed by atoms with van der Waals surface area (Å²) >= 11 is 5.19. The van der Waals surface area contributed by atoms with E-state index in [4.69, 9.17) is 12.2 Å². The summed E-state index contributed by atoms with van der Waals surface area (Å²) in [5.41, 5.74) is 5.19. The largest absolute Gasteiger partial charge is 0.545 e. The van der Waals surface area contributed by atoms with E-state index in [0.29, 0.717) is 10.8 Å². The number of carbonyl (C=O) groups excluding carboxylic acids is 1. The van der Waals surface area contributed by atoms with Gasteiger partial charge in [0, 0.05) is 17.6 Å². The maximum atomic E-state index is 11.0. The molecule has 3 aromatic rings. The Morgan fingerprint density at radius 3 is 2.65 bits per heavy atom. The van der Waals surface area contributed by atoms with Gasteiger partial charge in [0.2, 0.25) is 0 Å². The summed E-state index contributed by atoms with van der Waals surface area (Å²) < 4.78 is 1.81. The van der Waals surface area contributed by atoms with Crippen molar-refractivity contribution in [1.29, 1.82) is 0 Å². The van der Waals surface area contributed by atoms with E-state index in [-0.39, 0.29) is 5.56 Å². The van der Waals surface area contributed by atoms with Crippen LogP contribution in [0.5, 0.6) is 0 Å². The van der Waals surface area contributed by atoms with Crippen LogP contribution < -0.4 is 15.8 Å². The summed E-state index contributed by atoms with van der Waals surface area (Å²) in [4.78, 5) is 11.0. The van der Waals surface area contributed by atoms with Crippen molar-refractivity contribution in [3.63, 3.8) is 0 Å². The second-order valence-corrected chi connectivity index (χ2v) is 5.74. The molecule has 3 rings (SSSR count). The second-order valence-electron chi connectivity index (χ2n) is 5.33. The molecule has 0 unspecified atom stereocenters. The van der Waals surface area contributed by atoms with Gasteiger partial charge in [0.25, 0.3) is 0 Å². The molecule has 0 spiro atoms. The molecule has 2 aromatic carbocycles. The van der Waals surface area contributed by atoms with Gasteiger partial charge in [-0.1, -0.05) is 30.3 Å². The highest BCUT2D eigenvalue weighted by atomic mass is 32.1. The number of nitrogens with zero attached hydrogens (tertiary/aromatic N) is 2. The first-order valence-corrected chi connectivity index (χ1v) is 8.18. The predicted octanol–water partition coefficient (Wildman–Crippen LogP) is 2.16. The molecule has 0 amide bonds. The van der Waals surface area contributed by atoms with E-state index in [1.54, 1.807) is 24.4 Å². The van der Waals surface area contributed by atoms with Crippen LogP contribution in [0, 0.1) is 0 Å². The molecule has 7 heteroatoms. The van der Waals surface area contributed by atoms with Crippen LogP contribution in [-0.4, -0.2) is 21.9 Å². The van der Waals surface area contributed by atoms with Crippen molar-refractivity contribution in [2.24, 2.45) is 5.10 Å². The smallest absolute Gasteiger partial charge is 0.191 e. The highest BCUT2D eigenvalue weighted by Crippen LogP contribution is 2.13. The molecule has 26 heavy (non-hydrogen) atoms. The summed E-state index contributed by atoms with van der Waals surface area (Å²) in [7, 11) is 0. The zero-order valence-electron chi connectivity index (χ0n) is 13.6. The Bertz CT molecular complexity index is 951. The average Bonchev–Trinajstić information content (AvgIpc) is 3.11. The fourth-order valence-corrected chi connectivity index (χ4v) is 2.53. The summed E-state index contributed by atoms with van der Waals surface area (Å²) in [6, 6.07) is 19.7. The van der Waals surface area contributed by atoms with Crippen molar-refractivity contribution in [3.8, 4) is 5.69 Å². The number of carboxylic acid groups (broad SMARTS) is 1. The van der Waals surface area contributed by atoms with E-state index < -0.39 is 5.97 Å². The van der Waals surface area contributed by atoms with Gasteiger partial charge < -0.3 is 19.8 Å². The first kappa shape index (κ1) is 17.4. The van der Waals surface area contributed by atoms with Gasteiger partial charge in [0.15, 0.2) is 5.11 Å². The minimum Gasteiger partial charge on any atom is -0.545 e. The number of aromatic nitrogens is 1. The van der Waals surface area contributed by atoms with Crippen LogP contribution in [-0.2, 0) is 0 Å². The lowest BCUT2D eigenvalue weighted by Gasteiger charge is -2.09. The zero-order chi connectivity index (χ0) is 18.4. The van der Waals surface area contributed by atoms with Crippen LogP contribution in [0.15, 0.2) is 78.0 Å². The number of hydrogen-bond acceptors (Lipinski definition) is 4. The number of thiocarbonyl (C=S) groups is 1. The molecular formula is C19H15N4O2S-. The summed E-state index contributed by atoms with van der Waals surface area (Å²) in [5.74, 6) is -1.21. The first-order valence-electron chi connectivity index (χ1n) is 7.78. The normalized spacial score (nSPS) is 10.6. The van der Waals surface area contributed by atoms with Crippen molar-refractivity contribution in [3.05, 3.63) is 84.2 Å². The highest BCUT2D eigenvalue weighted by Gasteiger charge is 2.03. The third-order valence-electron chi connectivity index (χ3n) is 3.53. The Morgan fingerprint density at radius 1 is 1.08 bits per heavy atom. The number of hydrogen-bond donors (Lipinski definition) is 2. The average molecular weight is 363 g/mol. The topological polar surface area (TPSA) is 81.5 Å². The van der Waals surface area contributed by atoms with E-state index in [0.717, 1.165) is 11.4 Å². The SMILES string of the molecule is O=C([O-])c1cccc(-n2cccc2/C=N\NC(=S)Nc2ccccc2)c1. The Hall–Kier alpha value is -3.45. The maximum Gasteiger partial charge on any atom is 0.191 e. The molecule has 0 saturated carbocycles. The Morgan fingerprint density at radius 2 is 1.88 bits per heavy atom. The number of anilines is 1. The van der Waals surface area contributed by atoms with E-state index in [1.165, 1.54) is 6.07 Å². The number of carboxylic acids is 1. The lowest BCUT2D eigenvalue weighted by molar-refractivity contribution is -0.255. The van der Waals surface area contributed by atoms with Gasteiger partial charge in [-0.3, -0.25) is 5.43 Å². The molecule has 130 valence electrons. The van der Waals surface area contributed by atoms with Gasteiger partial charge in [-0.15, -0.1) is 0 Å². The minimum atomic E-state index is -1.21. The summed E-state index contributed by atoms with van der Waals surface area (Å²) in [6.07, 6.45) is 3.42. The number of benzene rings is 2. The van der Waals surface area contributed by atoms with Crippen molar-refractivity contribution in [1.82, 2.24) is 9.99 Å². The van der Waals surface area contributed by atoms with E-state index >= 15 is 0 Å². The Labute approximate surface area is 155 Å². The van der Waals surface area contributed by atoms with Crippen molar-refractivity contribution < 1.29 is 9.90 Å². The number of aromatic carboxylic acids is 1. The van der Waals surface area contributed by atoms with Gasteiger partial charge in [-0.25, -0.2) is 0 Å². The molecule has 0 atom stereocenters. The molecule has 0 radical (unpaired) electrons. The Kier molecular flexibility index (Phi) is 5.40. The van der Waals surface area contributed by atoms with Gasteiger partial charge in [0.05, 0.1) is 17.9 Å². The van der Waals surface area contributed by atoms with Crippen LogP contribution in [0.25, 0.3) is 5.69 Å². The molecule has 1 heterocycles. The fourth-order valence-electron chi connectivity index (χ4n) is 2.35.